The van der Waals surface area contributed by atoms with Crippen molar-refractivity contribution in [1.29, 1.82) is 0 Å². The third kappa shape index (κ3) is 5.86. The molecule has 0 radical (unpaired) electrons. The second-order valence-electron chi connectivity index (χ2n) is 12.3. The molecule has 36 heavy (non-hydrogen) atoms. The highest BCUT2D eigenvalue weighted by Gasteiger charge is 2.68. The number of aliphatic hydroxyl groups excluding tert-OH is 1. The molecule has 6 atom stereocenters. The van der Waals surface area contributed by atoms with Crippen LogP contribution < -0.4 is 4.73 Å². The smallest absolute Gasteiger partial charge is 0.306 e. The molecule has 6 unspecified atom stereocenters. The molecule has 0 spiro atoms. The summed E-state index contributed by atoms with van der Waals surface area (Å²) in [7, 11) is 0. The molecule has 0 bridgehead atoms. The standard InChI is InChI=1S/C28H43NO6S/c1-17-9-8-11-27(7)16-28(27,33)25(32)23(18(2)14-21-15-36-20(4)29(21)34)35-22(30)10-12-26(5,6)24(31)19(3)13-17/h14-15,17,19,23,25,32-33H,8-13,16H2,1-7H3. The Hall–Kier alpha value is -1.77. The Labute approximate surface area is 219 Å². The Balaban J connectivity index is 1.92. The van der Waals surface area contributed by atoms with Crippen LogP contribution in [0.2, 0.25) is 0 Å². The summed E-state index contributed by atoms with van der Waals surface area (Å²) in [6.07, 6.45) is 3.29. The van der Waals surface area contributed by atoms with Crippen molar-refractivity contribution in [2.45, 2.75) is 111 Å². The molecule has 1 aromatic rings. The van der Waals surface area contributed by atoms with Gasteiger partial charge in [-0.05, 0) is 44.1 Å². The number of nitrogens with zero attached hydrogens (tertiary/aromatic N) is 1. The minimum atomic E-state index is -1.38. The Bertz CT molecular complexity index is 1020. The average Bonchev–Trinajstić information content (AvgIpc) is 3.23. The zero-order valence-electron chi connectivity index (χ0n) is 22.8. The average molecular weight is 522 g/mol. The number of hydrogen-bond donors (Lipinski definition) is 2. The number of rotatable bonds is 2. The number of Topliss-reactive ketones (excluding diaryl/α,β-unsaturated/α-hetero) is 1. The lowest BCUT2D eigenvalue weighted by Gasteiger charge is -2.32. The van der Waals surface area contributed by atoms with E-state index < -0.39 is 34.6 Å². The number of ether oxygens (including phenoxy) is 1. The van der Waals surface area contributed by atoms with Gasteiger partial charge < -0.3 is 20.2 Å². The molecule has 1 saturated carbocycles. The predicted molar refractivity (Wildman–Crippen MR) is 140 cm³/mol. The van der Waals surface area contributed by atoms with E-state index in [1.807, 2.05) is 27.7 Å². The van der Waals surface area contributed by atoms with E-state index in [2.05, 4.69) is 6.92 Å². The van der Waals surface area contributed by atoms with Crippen molar-refractivity contribution >= 4 is 29.2 Å². The molecule has 2 fully saturated rings. The monoisotopic (exact) mass is 521 g/mol. The molecular formula is C28H43NO6S. The zero-order chi connectivity index (χ0) is 27.1. The molecule has 1 aliphatic carbocycles. The number of aliphatic hydroxyl groups is 2. The summed E-state index contributed by atoms with van der Waals surface area (Å²) in [4.78, 5) is 26.1. The molecule has 1 aliphatic heterocycles. The summed E-state index contributed by atoms with van der Waals surface area (Å²) in [5, 5.41) is 37.5. The first-order valence-corrected chi connectivity index (χ1v) is 14.0. The van der Waals surface area contributed by atoms with Crippen molar-refractivity contribution in [3.63, 3.8) is 0 Å². The number of aromatic nitrogens is 1. The molecule has 0 aromatic carbocycles. The Morgan fingerprint density at radius 1 is 1.25 bits per heavy atom. The molecule has 2 heterocycles. The van der Waals surface area contributed by atoms with Crippen molar-refractivity contribution in [2.24, 2.45) is 22.7 Å². The number of cyclic esters (lactones) is 1. The van der Waals surface area contributed by atoms with Crippen LogP contribution in [0.25, 0.3) is 6.08 Å². The van der Waals surface area contributed by atoms with Gasteiger partial charge in [-0.25, -0.2) is 0 Å². The summed E-state index contributed by atoms with van der Waals surface area (Å²) in [5.74, 6) is -0.120. The molecule has 0 amide bonds. The van der Waals surface area contributed by atoms with Gasteiger partial charge in [0.25, 0.3) is 0 Å². The maximum Gasteiger partial charge on any atom is 0.306 e. The van der Waals surface area contributed by atoms with Crippen LogP contribution in [-0.2, 0) is 14.3 Å². The molecule has 2 aliphatic rings. The largest absolute Gasteiger partial charge is 0.617 e. The number of aryl methyl sites for hydroxylation is 1. The highest BCUT2D eigenvalue weighted by molar-refractivity contribution is 7.09. The van der Waals surface area contributed by atoms with Crippen LogP contribution in [0.4, 0.5) is 0 Å². The van der Waals surface area contributed by atoms with E-state index in [1.165, 1.54) is 11.3 Å². The maximum absolute atomic E-state index is 13.2. The highest BCUT2D eigenvalue weighted by atomic mass is 32.1. The highest BCUT2D eigenvalue weighted by Crippen LogP contribution is 2.62. The fourth-order valence-corrected chi connectivity index (χ4v) is 6.54. The summed E-state index contributed by atoms with van der Waals surface area (Å²) in [6.45, 7) is 13.2. The SMILES string of the molecule is CC(=Cc1csc(C)[n+]1[O-])C1OC(=O)CCC(C)(C)C(=O)C(C)CC(C)CCCC2(C)CC2(O)C1O. The second-order valence-corrected chi connectivity index (χ2v) is 13.3. The van der Waals surface area contributed by atoms with Gasteiger partial charge in [0, 0.05) is 36.2 Å². The number of fused-ring (bicyclic) bond motifs is 1. The number of esters is 1. The van der Waals surface area contributed by atoms with Gasteiger partial charge in [-0.15, -0.1) is 0 Å². The lowest BCUT2D eigenvalue weighted by molar-refractivity contribution is -0.608. The van der Waals surface area contributed by atoms with E-state index in [9.17, 15) is 25.0 Å². The van der Waals surface area contributed by atoms with Crippen LogP contribution in [0.3, 0.4) is 0 Å². The number of thiazole rings is 1. The van der Waals surface area contributed by atoms with Gasteiger partial charge >= 0.3 is 5.97 Å². The molecule has 2 N–H and O–H groups in total. The van der Waals surface area contributed by atoms with E-state index in [4.69, 9.17) is 4.74 Å². The van der Waals surface area contributed by atoms with E-state index >= 15 is 0 Å². The first kappa shape index (κ1) is 28.8. The number of ketones is 1. The molecule has 7 nitrogen and oxygen atoms in total. The van der Waals surface area contributed by atoms with Crippen LogP contribution in [0.5, 0.6) is 0 Å². The lowest BCUT2D eigenvalue weighted by atomic mass is 9.75. The summed E-state index contributed by atoms with van der Waals surface area (Å²) >= 11 is 1.31. The normalized spacial score (nSPS) is 36.8. The van der Waals surface area contributed by atoms with Gasteiger partial charge in [-0.2, -0.15) is 4.73 Å². The van der Waals surface area contributed by atoms with Gasteiger partial charge in [0.15, 0.2) is 6.10 Å². The predicted octanol–water partition coefficient (Wildman–Crippen LogP) is 4.73. The Morgan fingerprint density at radius 2 is 1.92 bits per heavy atom. The van der Waals surface area contributed by atoms with E-state index in [0.717, 1.165) is 30.4 Å². The molecular weight excluding hydrogens is 478 g/mol. The first-order valence-electron chi connectivity index (χ1n) is 13.1. The van der Waals surface area contributed by atoms with Gasteiger partial charge in [0.2, 0.25) is 10.7 Å². The quantitative estimate of drug-likeness (QED) is 0.331. The van der Waals surface area contributed by atoms with Crippen molar-refractivity contribution in [2.75, 3.05) is 0 Å². The molecule has 1 aromatic heterocycles. The van der Waals surface area contributed by atoms with Gasteiger partial charge in [0.1, 0.15) is 17.5 Å². The topological polar surface area (TPSA) is 111 Å². The zero-order valence-corrected chi connectivity index (χ0v) is 23.6. The number of carbonyl (C=O) groups excluding carboxylic acids is 2. The van der Waals surface area contributed by atoms with Crippen molar-refractivity contribution in [1.82, 2.24) is 0 Å². The Morgan fingerprint density at radius 3 is 2.53 bits per heavy atom. The van der Waals surface area contributed by atoms with Crippen LogP contribution >= 0.6 is 11.3 Å². The van der Waals surface area contributed by atoms with Crippen molar-refractivity contribution < 1.29 is 29.3 Å². The maximum atomic E-state index is 13.2. The Kier molecular flexibility index (Phi) is 8.43. The third-order valence-corrected chi connectivity index (χ3v) is 9.43. The van der Waals surface area contributed by atoms with Crippen LogP contribution in [0.15, 0.2) is 11.0 Å². The molecule has 202 valence electrons. The second kappa shape index (κ2) is 10.5. The summed E-state index contributed by atoms with van der Waals surface area (Å²) in [6, 6.07) is 0. The van der Waals surface area contributed by atoms with Crippen molar-refractivity contribution in [3.8, 4) is 0 Å². The fourth-order valence-electron chi connectivity index (χ4n) is 5.88. The molecule has 1 saturated heterocycles. The fraction of sp³-hybridized carbons (Fsp3) is 0.750. The molecule has 3 rings (SSSR count). The summed E-state index contributed by atoms with van der Waals surface area (Å²) in [5.41, 5.74) is -1.67. The van der Waals surface area contributed by atoms with Gasteiger partial charge in [0.05, 0.1) is 5.38 Å². The van der Waals surface area contributed by atoms with E-state index in [0.29, 0.717) is 35.0 Å². The van der Waals surface area contributed by atoms with Crippen LogP contribution in [0, 0.1) is 34.8 Å². The molecule has 8 heteroatoms. The third-order valence-electron chi connectivity index (χ3n) is 8.56. The number of hydrogen-bond acceptors (Lipinski definition) is 7. The van der Waals surface area contributed by atoms with Crippen LogP contribution in [-0.4, -0.2) is 39.8 Å². The van der Waals surface area contributed by atoms with Crippen molar-refractivity contribution in [3.05, 3.63) is 26.9 Å². The lowest BCUT2D eigenvalue weighted by Crippen LogP contribution is -2.45. The number of carbonyl (C=O) groups is 2. The first-order chi connectivity index (χ1) is 16.6. The minimum Gasteiger partial charge on any atom is -0.617 e. The van der Waals surface area contributed by atoms with E-state index in [1.54, 1.807) is 25.3 Å². The minimum absolute atomic E-state index is 0.0202. The van der Waals surface area contributed by atoms with E-state index in [-0.39, 0.29) is 18.1 Å². The van der Waals surface area contributed by atoms with Crippen LogP contribution in [0.1, 0.15) is 97.2 Å². The van der Waals surface area contributed by atoms with Gasteiger partial charge in [-0.3, -0.25) is 9.59 Å². The summed E-state index contributed by atoms with van der Waals surface area (Å²) < 4.78 is 6.58. The van der Waals surface area contributed by atoms with Gasteiger partial charge in [-0.1, -0.05) is 58.8 Å².